The van der Waals surface area contributed by atoms with E-state index in [1.165, 1.54) is 31.5 Å². The average Bonchev–Trinajstić information content (AvgIpc) is 2.31. The Balaban J connectivity index is 2.38. The lowest BCUT2D eigenvalue weighted by Gasteiger charge is -2.09. The third kappa shape index (κ3) is 2.10. The van der Waals surface area contributed by atoms with E-state index in [4.69, 9.17) is 10.5 Å². The lowest BCUT2D eigenvalue weighted by Crippen LogP contribution is -1.99. The number of rotatable bonds is 2. The van der Waals surface area contributed by atoms with Crippen LogP contribution >= 0.6 is 0 Å². The first kappa shape index (κ1) is 11.1. The Morgan fingerprint density at radius 3 is 2.88 bits per heavy atom. The minimum absolute atomic E-state index is 0.0307. The van der Waals surface area contributed by atoms with Crippen LogP contribution < -0.4 is 10.5 Å². The molecule has 1 aromatic heterocycles. The third-order valence-corrected chi connectivity index (χ3v) is 2.18. The normalized spacial score (nSPS) is 10.2. The minimum Gasteiger partial charge on any atom is -0.506 e. The summed E-state index contributed by atoms with van der Waals surface area (Å²) in [5, 5.41) is 9.37. The van der Waals surface area contributed by atoms with Crippen LogP contribution in [0.25, 0.3) is 0 Å². The van der Waals surface area contributed by atoms with E-state index in [9.17, 15) is 9.50 Å². The van der Waals surface area contributed by atoms with Gasteiger partial charge in [-0.2, -0.15) is 9.37 Å². The van der Waals surface area contributed by atoms with Gasteiger partial charge in [0.1, 0.15) is 17.8 Å². The summed E-state index contributed by atoms with van der Waals surface area (Å²) in [6, 6.07) is 4.45. The second kappa shape index (κ2) is 4.25. The van der Waals surface area contributed by atoms with Crippen molar-refractivity contribution in [2.75, 3.05) is 5.73 Å². The van der Waals surface area contributed by atoms with Gasteiger partial charge in [-0.25, -0.2) is 4.98 Å². The largest absolute Gasteiger partial charge is 0.506 e. The number of hydrogen-bond donors (Lipinski definition) is 2. The molecule has 2 rings (SSSR count). The average molecular weight is 235 g/mol. The Labute approximate surface area is 96.7 Å². The molecule has 1 heterocycles. The van der Waals surface area contributed by atoms with E-state index in [1.807, 2.05) is 0 Å². The second-order valence-electron chi connectivity index (χ2n) is 3.37. The lowest BCUT2D eigenvalue weighted by atomic mass is 10.3. The monoisotopic (exact) mass is 235 g/mol. The topological polar surface area (TPSA) is 81.3 Å². The van der Waals surface area contributed by atoms with Crippen LogP contribution in [-0.2, 0) is 0 Å². The van der Waals surface area contributed by atoms with Crippen molar-refractivity contribution in [1.82, 2.24) is 9.97 Å². The molecule has 6 heteroatoms. The molecule has 88 valence electrons. The molecule has 0 aliphatic carbocycles. The number of halogens is 1. The van der Waals surface area contributed by atoms with Gasteiger partial charge < -0.3 is 15.6 Å². The van der Waals surface area contributed by atoms with Crippen molar-refractivity contribution in [1.29, 1.82) is 0 Å². The number of hydrogen-bond acceptors (Lipinski definition) is 5. The molecule has 0 saturated heterocycles. The van der Waals surface area contributed by atoms with Gasteiger partial charge in [0.05, 0.1) is 5.69 Å². The number of nitrogens with two attached hydrogens (primary N) is 1. The first-order chi connectivity index (χ1) is 8.09. The van der Waals surface area contributed by atoms with Crippen LogP contribution in [0.5, 0.6) is 17.4 Å². The van der Waals surface area contributed by atoms with Crippen LogP contribution in [0, 0.1) is 12.7 Å². The van der Waals surface area contributed by atoms with Gasteiger partial charge in [0.15, 0.2) is 5.75 Å². The molecule has 17 heavy (non-hydrogen) atoms. The highest BCUT2D eigenvalue weighted by atomic mass is 19.1. The van der Waals surface area contributed by atoms with Crippen LogP contribution in [0.4, 0.5) is 10.1 Å². The van der Waals surface area contributed by atoms with Gasteiger partial charge in [0.25, 0.3) is 5.88 Å². The molecule has 0 fully saturated rings. The number of anilines is 1. The van der Waals surface area contributed by atoms with Crippen molar-refractivity contribution >= 4 is 5.69 Å². The fourth-order valence-electron chi connectivity index (χ4n) is 1.23. The van der Waals surface area contributed by atoms with E-state index < -0.39 is 5.82 Å². The zero-order valence-corrected chi connectivity index (χ0v) is 9.01. The smallest absolute Gasteiger partial charge is 0.259 e. The second-order valence-corrected chi connectivity index (χ2v) is 3.37. The van der Waals surface area contributed by atoms with Gasteiger partial charge in [-0.15, -0.1) is 0 Å². The molecule has 0 saturated carbocycles. The van der Waals surface area contributed by atoms with Gasteiger partial charge in [-0.1, -0.05) is 6.07 Å². The standard InChI is InChI=1S/C11H10FN3O2/c1-6-9(12)11(15-5-14-6)17-8-4-2-3-7(16)10(8)13/h2-5,16H,13H2,1H3. The van der Waals surface area contributed by atoms with Crippen LogP contribution in [0.15, 0.2) is 24.5 Å². The molecule has 0 atom stereocenters. The van der Waals surface area contributed by atoms with E-state index in [2.05, 4.69) is 9.97 Å². The maximum Gasteiger partial charge on any atom is 0.259 e. The summed E-state index contributed by atoms with van der Waals surface area (Å²) in [5.41, 5.74) is 5.78. The fraction of sp³-hybridized carbons (Fsp3) is 0.0909. The number of nitrogen functional groups attached to an aromatic ring is 1. The van der Waals surface area contributed by atoms with Crippen molar-refractivity contribution in [3.05, 3.63) is 36.0 Å². The van der Waals surface area contributed by atoms with Gasteiger partial charge in [0.2, 0.25) is 5.82 Å². The Morgan fingerprint density at radius 2 is 2.12 bits per heavy atom. The molecule has 2 aromatic rings. The highest BCUT2D eigenvalue weighted by Crippen LogP contribution is 2.33. The summed E-state index contributed by atoms with van der Waals surface area (Å²) < 4.78 is 18.8. The Morgan fingerprint density at radius 1 is 1.35 bits per heavy atom. The van der Waals surface area contributed by atoms with Crippen molar-refractivity contribution in [3.63, 3.8) is 0 Å². The van der Waals surface area contributed by atoms with Crippen molar-refractivity contribution in [3.8, 4) is 17.4 Å². The summed E-state index contributed by atoms with van der Waals surface area (Å²) in [6.45, 7) is 1.50. The molecule has 1 aromatic carbocycles. The predicted molar refractivity (Wildman–Crippen MR) is 59.3 cm³/mol. The summed E-state index contributed by atoms with van der Waals surface area (Å²) in [6.07, 6.45) is 1.19. The van der Waals surface area contributed by atoms with Crippen molar-refractivity contribution in [2.24, 2.45) is 0 Å². The van der Waals surface area contributed by atoms with Gasteiger partial charge in [0, 0.05) is 0 Å². The zero-order chi connectivity index (χ0) is 12.4. The molecule has 0 aliphatic heterocycles. The van der Waals surface area contributed by atoms with Crippen LogP contribution in [0.2, 0.25) is 0 Å². The fourth-order valence-corrected chi connectivity index (χ4v) is 1.23. The van der Waals surface area contributed by atoms with E-state index in [0.29, 0.717) is 0 Å². The maximum absolute atomic E-state index is 13.6. The van der Waals surface area contributed by atoms with Crippen LogP contribution in [-0.4, -0.2) is 15.1 Å². The SMILES string of the molecule is Cc1ncnc(Oc2cccc(O)c2N)c1F. The Hall–Kier alpha value is -2.37. The number of phenols is 1. The number of aromatic nitrogens is 2. The molecule has 5 nitrogen and oxygen atoms in total. The van der Waals surface area contributed by atoms with Gasteiger partial charge >= 0.3 is 0 Å². The van der Waals surface area contributed by atoms with Gasteiger partial charge in [-0.3, -0.25) is 0 Å². The van der Waals surface area contributed by atoms with Crippen LogP contribution in [0.3, 0.4) is 0 Å². The highest BCUT2D eigenvalue weighted by molar-refractivity contribution is 5.62. The van der Waals surface area contributed by atoms with E-state index in [0.717, 1.165) is 0 Å². The Kier molecular flexibility index (Phi) is 2.78. The summed E-state index contributed by atoms with van der Waals surface area (Å²) in [5.74, 6) is -0.874. The number of aromatic hydroxyl groups is 1. The number of ether oxygens (including phenoxy) is 1. The zero-order valence-electron chi connectivity index (χ0n) is 9.01. The molecule has 0 bridgehead atoms. The quantitative estimate of drug-likeness (QED) is 0.614. The molecule has 0 unspecified atom stereocenters. The van der Waals surface area contributed by atoms with E-state index in [1.54, 1.807) is 0 Å². The van der Waals surface area contributed by atoms with E-state index >= 15 is 0 Å². The number of phenolic OH excluding ortho intramolecular Hbond substituents is 1. The third-order valence-electron chi connectivity index (χ3n) is 2.18. The molecule has 0 radical (unpaired) electrons. The Bertz CT molecular complexity index is 511. The van der Waals surface area contributed by atoms with Crippen LogP contribution in [0.1, 0.15) is 5.69 Å². The number of para-hydroxylation sites is 1. The number of benzene rings is 1. The first-order valence-corrected chi connectivity index (χ1v) is 4.82. The minimum atomic E-state index is -0.657. The molecule has 0 amide bonds. The van der Waals surface area contributed by atoms with Crippen molar-refractivity contribution < 1.29 is 14.2 Å². The number of aryl methyl sites for hydroxylation is 1. The van der Waals surface area contributed by atoms with E-state index in [-0.39, 0.29) is 28.8 Å². The van der Waals surface area contributed by atoms with Gasteiger partial charge in [-0.05, 0) is 19.1 Å². The predicted octanol–water partition coefficient (Wildman–Crippen LogP) is 2.00. The molecule has 0 spiro atoms. The molecular weight excluding hydrogens is 225 g/mol. The summed E-state index contributed by atoms with van der Waals surface area (Å²) in [4.78, 5) is 7.33. The molecule has 3 N–H and O–H groups in total. The number of nitrogens with zero attached hydrogens (tertiary/aromatic N) is 2. The summed E-state index contributed by atoms with van der Waals surface area (Å²) in [7, 11) is 0. The van der Waals surface area contributed by atoms with Crippen molar-refractivity contribution in [2.45, 2.75) is 6.92 Å². The molecule has 0 aliphatic rings. The lowest BCUT2D eigenvalue weighted by molar-refractivity contribution is 0.413. The molecular formula is C11H10FN3O2. The maximum atomic E-state index is 13.6. The summed E-state index contributed by atoms with van der Waals surface area (Å²) >= 11 is 0. The highest BCUT2D eigenvalue weighted by Gasteiger charge is 2.12. The first-order valence-electron chi connectivity index (χ1n) is 4.82.